The largest absolute Gasteiger partial charge is 0.497 e. The minimum atomic E-state index is -1.86. The van der Waals surface area contributed by atoms with Crippen molar-refractivity contribution in [1.29, 1.82) is 0 Å². The van der Waals surface area contributed by atoms with Crippen molar-refractivity contribution in [2.24, 2.45) is 5.11 Å². The molecule has 0 radical (unpaired) electrons. The third-order valence-corrected chi connectivity index (χ3v) is 4.65. The van der Waals surface area contributed by atoms with Crippen molar-refractivity contribution in [3.63, 3.8) is 0 Å². The lowest BCUT2D eigenvalue weighted by molar-refractivity contribution is -0.121. The standard InChI is InChI=1S/C19H19Cl3N4O3/c1-12-6-4-5-7-16(12)18(25-26-23,11-19(20,21)22)17(27)24-13-8-14(28-2)10-15(9-13)29-3/h4-10H,11H2,1-3H3,(H,24,27)/t18-/m1/s1. The first kappa shape index (κ1) is 23.0. The molecule has 0 aromatic heterocycles. The van der Waals surface area contributed by atoms with E-state index >= 15 is 0 Å². The Morgan fingerprint density at radius 2 is 1.72 bits per heavy atom. The lowest BCUT2D eigenvalue weighted by Crippen LogP contribution is -2.42. The molecular formula is C19H19Cl3N4O3. The van der Waals surface area contributed by atoms with Gasteiger partial charge in [0.15, 0.2) is 9.33 Å². The van der Waals surface area contributed by atoms with Crippen LogP contribution in [0.25, 0.3) is 10.4 Å². The molecule has 2 rings (SSSR count). The van der Waals surface area contributed by atoms with Gasteiger partial charge in [0, 0.05) is 35.2 Å². The first-order valence-corrected chi connectivity index (χ1v) is 9.52. The van der Waals surface area contributed by atoms with Crippen LogP contribution in [0.3, 0.4) is 0 Å². The van der Waals surface area contributed by atoms with Crippen LogP contribution in [-0.4, -0.2) is 23.9 Å². The number of anilines is 1. The summed E-state index contributed by atoms with van der Waals surface area (Å²) in [7, 11) is 2.97. The van der Waals surface area contributed by atoms with E-state index in [1.165, 1.54) is 14.2 Å². The minimum Gasteiger partial charge on any atom is -0.497 e. The van der Waals surface area contributed by atoms with E-state index in [-0.39, 0.29) is 6.42 Å². The maximum absolute atomic E-state index is 13.4. The molecule has 0 fully saturated rings. The van der Waals surface area contributed by atoms with Crippen LogP contribution in [0.15, 0.2) is 47.6 Å². The number of rotatable bonds is 7. The van der Waals surface area contributed by atoms with Gasteiger partial charge >= 0.3 is 0 Å². The first-order valence-electron chi connectivity index (χ1n) is 8.39. The van der Waals surface area contributed by atoms with Gasteiger partial charge in [0.1, 0.15) is 11.5 Å². The van der Waals surface area contributed by atoms with Crippen LogP contribution in [0.1, 0.15) is 17.5 Å². The molecular weight excluding hydrogens is 439 g/mol. The number of hydrogen-bond donors (Lipinski definition) is 1. The van der Waals surface area contributed by atoms with Crippen LogP contribution >= 0.6 is 34.8 Å². The van der Waals surface area contributed by atoms with Crippen LogP contribution in [-0.2, 0) is 10.3 Å². The fourth-order valence-corrected chi connectivity index (χ4v) is 3.53. The lowest BCUT2D eigenvalue weighted by Gasteiger charge is -2.32. The number of carbonyl (C=O) groups is 1. The van der Waals surface area contributed by atoms with Crippen LogP contribution in [0, 0.1) is 6.92 Å². The number of halogens is 3. The molecule has 29 heavy (non-hydrogen) atoms. The van der Waals surface area contributed by atoms with E-state index in [2.05, 4.69) is 15.3 Å². The van der Waals surface area contributed by atoms with Crippen molar-refractivity contribution >= 4 is 46.4 Å². The summed E-state index contributed by atoms with van der Waals surface area (Å²) < 4.78 is 8.58. The van der Waals surface area contributed by atoms with Crippen molar-refractivity contribution in [1.82, 2.24) is 0 Å². The Morgan fingerprint density at radius 3 is 2.21 bits per heavy atom. The highest BCUT2D eigenvalue weighted by atomic mass is 35.6. The number of amides is 1. The number of carbonyl (C=O) groups excluding carboxylic acids is 1. The molecule has 0 aliphatic carbocycles. The second-order valence-corrected chi connectivity index (χ2v) is 8.73. The van der Waals surface area contributed by atoms with Crippen molar-refractivity contribution in [2.45, 2.75) is 22.7 Å². The van der Waals surface area contributed by atoms with Crippen LogP contribution in [0.2, 0.25) is 0 Å². The number of azide groups is 1. The van der Waals surface area contributed by atoms with Gasteiger partial charge in [-0.15, -0.1) is 0 Å². The fourth-order valence-electron chi connectivity index (χ4n) is 2.95. The third kappa shape index (κ3) is 5.61. The van der Waals surface area contributed by atoms with Crippen molar-refractivity contribution in [2.75, 3.05) is 19.5 Å². The molecule has 0 saturated heterocycles. The number of ether oxygens (including phenoxy) is 2. The average Bonchev–Trinajstić information content (AvgIpc) is 2.66. The van der Waals surface area contributed by atoms with E-state index in [0.29, 0.717) is 28.3 Å². The highest BCUT2D eigenvalue weighted by Crippen LogP contribution is 2.44. The highest BCUT2D eigenvalue weighted by molar-refractivity contribution is 6.67. The third-order valence-electron chi connectivity index (χ3n) is 4.25. The number of alkyl halides is 3. The summed E-state index contributed by atoms with van der Waals surface area (Å²) in [4.78, 5) is 16.3. The fraction of sp³-hybridized carbons (Fsp3) is 0.316. The predicted octanol–water partition coefficient (Wildman–Crippen LogP) is 5.92. The summed E-state index contributed by atoms with van der Waals surface area (Å²) in [5.41, 5.74) is 8.93. The van der Waals surface area contributed by atoms with E-state index < -0.39 is 15.2 Å². The Labute approximate surface area is 183 Å². The van der Waals surface area contributed by atoms with Gasteiger partial charge in [-0.1, -0.05) is 64.2 Å². The molecule has 10 heteroatoms. The Balaban J connectivity index is 2.61. The molecule has 1 N–H and O–H groups in total. The van der Waals surface area contributed by atoms with Gasteiger partial charge in [-0.3, -0.25) is 4.79 Å². The Morgan fingerprint density at radius 1 is 1.14 bits per heavy atom. The van der Waals surface area contributed by atoms with Crippen LogP contribution in [0.5, 0.6) is 11.5 Å². The summed E-state index contributed by atoms with van der Waals surface area (Å²) in [6.07, 6.45) is -0.369. The molecule has 7 nitrogen and oxygen atoms in total. The SMILES string of the molecule is COc1cc(NC(=O)[C@](CC(Cl)(Cl)Cl)(N=[N+]=[N-])c2ccccc2C)cc(OC)c1. The second-order valence-electron chi connectivity index (χ2n) is 6.21. The molecule has 0 bridgehead atoms. The van der Waals surface area contributed by atoms with Gasteiger partial charge < -0.3 is 14.8 Å². The normalized spacial score (nSPS) is 13.0. The molecule has 2 aromatic carbocycles. The predicted molar refractivity (Wildman–Crippen MR) is 115 cm³/mol. The Hall–Kier alpha value is -2.31. The topological polar surface area (TPSA) is 96.3 Å². The average molecular weight is 458 g/mol. The Bertz CT molecular complexity index is 920. The number of nitrogens with one attached hydrogen (secondary N) is 1. The maximum atomic E-state index is 13.4. The molecule has 0 saturated carbocycles. The molecule has 0 aliphatic rings. The zero-order chi connectivity index (χ0) is 21.7. The van der Waals surface area contributed by atoms with Gasteiger partial charge in [0.05, 0.1) is 14.2 Å². The monoisotopic (exact) mass is 456 g/mol. The molecule has 1 atom stereocenters. The van der Waals surface area contributed by atoms with E-state index in [9.17, 15) is 10.3 Å². The molecule has 0 aliphatic heterocycles. The molecule has 1 amide bonds. The van der Waals surface area contributed by atoms with E-state index in [4.69, 9.17) is 44.3 Å². The molecule has 2 aromatic rings. The molecule has 154 valence electrons. The highest BCUT2D eigenvalue weighted by Gasteiger charge is 2.46. The number of aryl methyl sites for hydroxylation is 1. The molecule has 0 heterocycles. The van der Waals surface area contributed by atoms with Gasteiger partial charge in [-0.05, 0) is 23.6 Å². The zero-order valence-electron chi connectivity index (χ0n) is 15.9. The number of methoxy groups -OCH3 is 2. The summed E-state index contributed by atoms with van der Waals surface area (Å²) >= 11 is 18.1. The van der Waals surface area contributed by atoms with Gasteiger partial charge in [0.25, 0.3) is 0 Å². The van der Waals surface area contributed by atoms with Gasteiger partial charge in [-0.25, -0.2) is 0 Å². The Kier molecular flexibility index (Phi) is 7.49. The van der Waals surface area contributed by atoms with E-state index in [1.54, 1.807) is 49.4 Å². The smallest absolute Gasteiger partial charge is 0.241 e. The lowest BCUT2D eigenvalue weighted by atomic mass is 9.84. The van der Waals surface area contributed by atoms with Gasteiger partial charge in [0.2, 0.25) is 5.91 Å². The van der Waals surface area contributed by atoms with Crippen molar-refractivity contribution in [3.8, 4) is 11.5 Å². The van der Waals surface area contributed by atoms with Crippen molar-refractivity contribution in [3.05, 3.63) is 64.0 Å². The molecule has 0 spiro atoms. The summed E-state index contributed by atoms with van der Waals surface area (Å²) in [6, 6.07) is 11.8. The second kappa shape index (κ2) is 9.46. The molecule has 0 unspecified atom stereocenters. The van der Waals surface area contributed by atoms with Crippen LogP contribution < -0.4 is 14.8 Å². The van der Waals surface area contributed by atoms with Gasteiger partial charge in [-0.2, -0.15) is 0 Å². The minimum absolute atomic E-state index is 0.363. The number of benzene rings is 2. The summed E-state index contributed by atoms with van der Waals surface area (Å²) in [6.45, 7) is 1.78. The zero-order valence-corrected chi connectivity index (χ0v) is 18.2. The van der Waals surface area contributed by atoms with Crippen molar-refractivity contribution < 1.29 is 14.3 Å². The first-order chi connectivity index (χ1) is 13.6. The number of hydrogen-bond acceptors (Lipinski definition) is 4. The maximum Gasteiger partial charge on any atom is 0.241 e. The van der Waals surface area contributed by atoms with E-state index in [1.807, 2.05) is 0 Å². The number of nitrogens with zero attached hydrogens (tertiary/aromatic N) is 3. The van der Waals surface area contributed by atoms with Crippen LogP contribution in [0.4, 0.5) is 5.69 Å². The summed E-state index contributed by atoms with van der Waals surface area (Å²) in [5, 5.41) is 6.53. The van der Waals surface area contributed by atoms with E-state index in [0.717, 1.165) is 0 Å². The summed E-state index contributed by atoms with van der Waals surface area (Å²) in [5.74, 6) is 0.267. The quantitative estimate of drug-likeness (QED) is 0.242.